The number of ether oxygens (including phenoxy) is 1. The summed E-state index contributed by atoms with van der Waals surface area (Å²) in [5.41, 5.74) is 0. The van der Waals surface area contributed by atoms with Crippen LogP contribution >= 0.6 is 0 Å². The van der Waals surface area contributed by atoms with Gasteiger partial charge in [0.2, 0.25) is 0 Å². The largest absolute Gasteiger partial charge is 0.394 e. The summed E-state index contributed by atoms with van der Waals surface area (Å²) >= 11 is 0. The summed E-state index contributed by atoms with van der Waals surface area (Å²) in [5, 5.41) is 21.8. The number of aliphatic hydroxyl groups excluding tert-OH is 1. The summed E-state index contributed by atoms with van der Waals surface area (Å²) in [5.74, 6) is 0. The van der Waals surface area contributed by atoms with E-state index in [9.17, 15) is 5.11 Å². The van der Waals surface area contributed by atoms with E-state index in [0.717, 1.165) is 6.54 Å². The van der Waals surface area contributed by atoms with Gasteiger partial charge in [0.1, 0.15) is 6.61 Å². The molecule has 0 aromatic carbocycles. The molecule has 1 unspecified atom stereocenters. The van der Waals surface area contributed by atoms with Gasteiger partial charge in [-0.05, 0) is 6.54 Å². The van der Waals surface area contributed by atoms with Crippen LogP contribution in [0.25, 0.3) is 0 Å². The first-order chi connectivity index (χ1) is 5.35. The summed E-state index contributed by atoms with van der Waals surface area (Å²) in [6.45, 7) is 3.33. The fraction of sp³-hybridized carbons (Fsp3) is 1.00. The molecule has 1 radical (unpaired) electrons. The zero-order valence-electron chi connectivity index (χ0n) is 6.88. The average Bonchev–Trinajstić information content (AvgIpc) is 2.05. The fourth-order valence-electron chi connectivity index (χ4n) is 0.691. The van der Waals surface area contributed by atoms with Gasteiger partial charge in [-0.15, -0.1) is 0 Å². The smallest absolute Gasteiger partial charge is 0.110 e. The maximum absolute atomic E-state index is 10.4. The lowest BCUT2D eigenvalue weighted by molar-refractivity contribution is -0.0200. The van der Waals surface area contributed by atoms with Gasteiger partial charge in [0.25, 0.3) is 0 Å². The van der Waals surface area contributed by atoms with Gasteiger partial charge in [-0.2, -0.15) is 0 Å². The third-order valence-electron chi connectivity index (χ3n) is 1.25. The van der Waals surface area contributed by atoms with Crippen molar-refractivity contribution in [3.05, 3.63) is 0 Å². The van der Waals surface area contributed by atoms with Crippen LogP contribution in [0.3, 0.4) is 0 Å². The lowest BCUT2D eigenvalue weighted by atomic mass is 10.3. The number of nitrogens with one attached hydrogen (secondary N) is 1. The van der Waals surface area contributed by atoms with E-state index in [0.29, 0.717) is 6.54 Å². The van der Waals surface area contributed by atoms with E-state index in [-0.39, 0.29) is 25.9 Å². The van der Waals surface area contributed by atoms with E-state index < -0.39 is 0 Å². The van der Waals surface area contributed by atoms with Gasteiger partial charge >= 0.3 is 0 Å². The zero-order valence-corrected chi connectivity index (χ0v) is 6.88. The highest BCUT2D eigenvalue weighted by atomic mass is 16.5. The van der Waals surface area contributed by atoms with Crippen molar-refractivity contribution in [2.45, 2.75) is 13.0 Å². The topological polar surface area (TPSA) is 61.4 Å². The number of likely N-dealkylation sites (N-methyl/N-ethyl adjacent to an activating group) is 1. The second kappa shape index (κ2) is 7.94. The minimum Gasteiger partial charge on any atom is -0.394 e. The maximum Gasteiger partial charge on any atom is 0.110 e. The van der Waals surface area contributed by atoms with Crippen molar-refractivity contribution in [3.63, 3.8) is 0 Å². The molecule has 0 aromatic rings. The lowest BCUT2D eigenvalue weighted by Crippen LogP contribution is -2.32. The number of aliphatic hydroxyl groups is 1. The highest BCUT2D eigenvalue weighted by Gasteiger charge is 2.05. The number of hydrogen-bond acceptors (Lipinski definition) is 3. The molecule has 0 heterocycles. The van der Waals surface area contributed by atoms with Gasteiger partial charge in [-0.1, -0.05) is 6.92 Å². The van der Waals surface area contributed by atoms with Gasteiger partial charge in [0.15, 0.2) is 0 Å². The lowest BCUT2D eigenvalue weighted by Gasteiger charge is -2.13. The number of hydrogen-bond donors (Lipinski definition) is 2. The average molecular weight is 162 g/mol. The van der Waals surface area contributed by atoms with Gasteiger partial charge in [-0.25, -0.2) is 5.11 Å². The molecule has 0 rings (SSSR count). The van der Waals surface area contributed by atoms with Crippen molar-refractivity contribution >= 4 is 0 Å². The van der Waals surface area contributed by atoms with E-state index in [1.807, 2.05) is 6.92 Å². The Morgan fingerprint density at radius 3 is 2.82 bits per heavy atom. The highest BCUT2D eigenvalue weighted by Crippen LogP contribution is 1.88. The molecule has 2 N–H and O–H groups in total. The quantitative estimate of drug-likeness (QED) is 0.525. The molecule has 0 aromatic heterocycles. The van der Waals surface area contributed by atoms with Crippen LogP contribution in [0.4, 0.5) is 0 Å². The van der Waals surface area contributed by atoms with E-state index in [4.69, 9.17) is 9.84 Å². The molecule has 67 valence electrons. The standard InChI is InChI=1S/C7H16NO3/c1-2-8-5-7(6-10)11-4-3-9/h7-9H,2-6H2,1H3. The number of rotatable bonds is 7. The fourth-order valence-corrected chi connectivity index (χ4v) is 0.691. The van der Waals surface area contributed by atoms with Crippen molar-refractivity contribution < 1.29 is 14.9 Å². The predicted molar refractivity (Wildman–Crippen MR) is 40.9 cm³/mol. The van der Waals surface area contributed by atoms with Crippen molar-refractivity contribution in [1.29, 1.82) is 0 Å². The molecule has 0 bridgehead atoms. The van der Waals surface area contributed by atoms with Crippen molar-refractivity contribution in [3.8, 4) is 0 Å². The Bertz CT molecular complexity index is 72.1. The Kier molecular flexibility index (Phi) is 7.83. The second-order valence-corrected chi connectivity index (χ2v) is 2.19. The van der Waals surface area contributed by atoms with E-state index in [1.165, 1.54) is 0 Å². The summed E-state index contributed by atoms with van der Waals surface area (Å²) in [6.07, 6.45) is -0.304. The van der Waals surface area contributed by atoms with Gasteiger partial charge in [-0.3, -0.25) is 0 Å². The third-order valence-corrected chi connectivity index (χ3v) is 1.25. The molecule has 4 nitrogen and oxygen atoms in total. The molecule has 0 aliphatic carbocycles. The van der Waals surface area contributed by atoms with Crippen LogP contribution in [0.1, 0.15) is 6.92 Å². The SMILES string of the molecule is CCNCC(C[O])OCCO. The Balaban J connectivity index is 3.25. The first-order valence-electron chi connectivity index (χ1n) is 3.86. The normalized spacial score (nSPS) is 13.4. The van der Waals surface area contributed by atoms with Gasteiger partial charge in [0, 0.05) is 6.54 Å². The van der Waals surface area contributed by atoms with E-state index in [2.05, 4.69) is 5.32 Å². The monoisotopic (exact) mass is 162 g/mol. The predicted octanol–water partition coefficient (Wildman–Crippen LogP) is -0.596. The molecule has 1 atom stereocenters. The van der Waals surface area contributed by atoms with Crippen molar-refractivity contribution in [2.75, 3.05) is 32.9 Å². The molecule has 11 heavy (non-hydrogen) atoms. The molecule has 0 saturated carbocycles. The van der Waals surface area contributed by atoms with Crippen LogP contribution in [0, 0.1) is 0 Å². The first kappa shape index (κ1) is 10.8. The van der Waals surface area contributed by atoms with Gasteiger partial charge in [0.05, 0.1) is 19.3 Å². The van der Waals surface area contributed by atoms with Crippen LogP contribution in [-0.4, -0.2) is 44.1 Å². The minimum absolute atomic E-state index is 0.0252. The molecular weight excluding hydrogens is 146 g/mol. The molecule has 0 saturated heterocycles. The molecule has 0 fully saturated rings. The Labute approximate surface area is 67.2 Å². The molecule has 4 heteroatoms. The summed E-state index contributed by atoms with van der Waals surface area (Å²) in [7, 11) is 0. The Hall–Kier alpha value is -0.160. The summed E-state index contributed by atoms with van der Waals surface area (Å²) in [4.78, 5) is 0. The molecule has 0 aliphatic heterocycles. The Morgan fingerprint density at radius 1 is 1.64 bits per heavy atom. The summed E-state index contributed by atoms with van der Waals surface area (Å²) in [6, 6.07) is 0. The minimum atomic E-state index is -0.304. The second-order valence-electron chi connectivity index (χ2n) is 2.19. The molecule has 0 spiro atoms. The van der Waals surface area contributed by atoms with Gasteiger partial charge < -0.3 is 15.2 Å². The first-order valence-corrected chi connectivity index (χ1v) is 3.86. The molecule has 0 aliphatic rings. The van der Waals surface area contributed by atoms with Crippen LogP contribution in [0.2, 0.25) is 0 Å². The van der Waals surface area contributed by atoms with Crippen LogP contribution in [0.5, 0.6) is 0 Å². The van der Waals surface area contributed by atoms with E-state index in [1.54, 1.807) is 0 Å². The van der Waals surface area contributed by atoms with E-state index >= 15 is 0 Å². The van der Waals surface area contributed by atoms with Crippen LogP contribution in [-0.2, 0) is 9.84 Å². The Morgan fingerprint density at radius 2 is 2.36 bits per heavy atom. The van der Waals surface area contributed by atoms with Crippen molar-refractivity contribution in [2.24, 2.45) is 0 Å². The zero-order chi connectivity index (χ0) is 8.53. The molecular formula is C7H16NO3. The highest BCUT2D eigenvalue weighted by molar-refractivity contribution is 4.58. The third kappa shape index (κ3) is 6.25. The van der Waals surface area contributed by atoms with Crippen LogP contribution in [0.15, 0.2) is 0 Å². The summed E-state index contributed by atoms with van der Waals surface area (Å²) < 4.78 is 5.02. The molecule has 0 amide bonds. The van der Waals surface area contributed by atoms with Crippen molar-refractivity contribution in [1.82, 2.24) is 5.32 Å². The maximum atomic E-state index is 10.4. The van der Waals surface area contributed by atoms with Crippen LogP contribution < -0.4 is 5.32 Å².